The lowest BCUT2D eigenvalue weighted by atomic mass is 9.94. The van der Waals surface area contributed by atoms with E-state index in [0.29, 0.717) is 39.6 Å². The molecule has 6 aromatic rings. The van der Waals surface area contributed by atoms with E-state index >= 15 is 0 Å². The van der Waals surface area contributed by atoms with Crippen molar-refractivity contribution in [2.75, 3.05) is 14.2 Å². The van der Waals surface area contributed by atoms with Crippen molar-refractivity contribution in [2.24, 2.45) is 0 Å². The van der Waals surface area contributed by atoms with E-state index in [2.05, 4.69) is 0 Å². The third-order valence-electron chi connectivity index (χ3n) is 11.7. The van der Waals surface area contributed by atoms with Crippen molar-refractivity contribution < 1.29 is 47.4 Å². The summed E-state index contributed by atoms with van der Waals surface area (Å²) in [7, 11) is 3.24. The molecule has 2 fully saturated rings. The number of rotatable bonds is 22. The molecule has 0 saturated carbocycles. The molecule has 0 amide bonds. The second-order valence-corrected chi connectivity index (χ2v) is 16.4. The molecule has 6 aromatic carbocycles. The fraction of sp³-hybridized carbons (Fsp3) is 0.321. The zero-order valence-electron chi connectivity index (χ0n) is 37.6. The van der Waals surface area contributed by atoms with Gasteiger partial charge in [-0.2, -0.15) is 0 Å². The zero-order valence-corrected chi connectivity index (χ0v) is 37.6. The van der Waals surface area contributed by atoms with E-state index in [1.807, 2.05) is 194 Å². The molecule has 0 aliphatic carbocycles. The van der Waals surface area contributed by atoms with Crippen LogP contribution in [0.15, 0.2) is 194 Å². The molecular weight excluding hydrogens is 833 g/mol. The number of hydrogen-bond acceptors (Lipinski definition) is 10. The van der Waals surface area contributed by atoms with Crippen molar-refractivity contribution >= 4 is 0 Å². The van der Waals surface area contributed by atoms with Gasteiger partial charge in [-0.15, -0.1) is 0 Å². The van der Waals surface area contributed by atoms with Crippen LogP contribution < -0.4 is 0 Å². The molecule has 0 spiro atoms. The maximum Gasteiger partial charge on any atom is 0.186 e. The van der Waals surface area contributed by atoms with Crippen LogP contribution in [-0.4, -0.2) is 75.6 Å². The molecule has 2 aliphatic heterocycles. The highest BCUT2D eigenvalue weighted by Gasteiger charge is 2.50. The van der Waals surface area contributed by atoms with Crippen molar-refractivity contribution in [2.45, 2.75) is 101 Å². The molecule has 0 N–H and O–H groups in total. The Bertz CT molecular complexity index is 2110. The van der Waals surface area contributed by atoms with Crippen molar-refractivity contribution in [3.05, 3.63) is 228 Å². The third kappa shape index (κ3) is 13.2. The first-order chi connectivity index (χ1) is 32.6. The number of ether oxygens (including phenoxy) is 10. The molecule has 10 nitrogen and oxygen atoms in total. The van der Waals surface area contributed by atoms with Crippen LogP contribution in [0, 0.1) is 0 Å². The van der Waals surface area contributed by atoms with Crippen LogP contribution in [0.25, 0.3) is 0 Å². The van der Waals surface area contributed by atoms with E-state index in [1.54, 1.807) is 14.2 Å². The second-order valence-electron chi connectivity index (χ2n) is 16.4. The summed E-state index contributed by atoms with van der Waals surface area (Å²) in [5, 5.41) is 0. The maximum absolute atomic E-state index is 6.89. The molecule has 0 unspecified atom stereocenters. The summed E-state index contributed by atoms with van der Waals surface area (Å²) in [6.07, 6.45) is -2.98. The van der Waals surface area contributed by atoms with Gasteiger partial charge in [0.2, 0.25) is 0 Å². The van der Waals surface area contributed by atoms with E-state index in [0.717, 1.165) is 33.4 Å². The smallest absolute Gasteiger partial charge is 0.186 e. The SMILES string of the molecule is CO[C@H]1O[C@H](C=C[C@H]2O[C@H](OC)[C@H](OCc3ccccc3)[C@H](OCc3ccccc3)[C@@H]2OCc2ccccc2)[C@@H](OCc2ccccc2)[C@@H](OCc2ccccc2)[C@H]1OCc1ccccc1. The fourth-order valence-electron chi connectivity index (χ4n) is 8.29. The van der Waals surface area contributed by atoms with Gasteiger partial charge in [0.15, 0.2) is 12.6 Å². The summed E-state index contributed by atoms with van der Waals surface area (Å²) < 4.78 is 66.8. The molecular formula is C56H60O10. The van der Waals surface area contributed by atoms with E-state index < -0.39 is 61.4 Å². The predicted molar refractivity (Wildman–Crippen MR) is 251 cm³/mol. The van der Waals surface area contributed by atoms with E-state index in [4.69, 9.17) is 47.4 Å². The first-order valence-electron chi connectivity index (χ1n) is 22.6. The first-order valence-corrected chi connectivity index (χ1v) is 22.6. The highest BCUT2D eigenvalue weighted by molar-refractivity contribution is 5.19. The molecule has 344 valence electrons. The summed E-state index contributed by atoms with van der Waals surface area (Å²) >= 11 is 0. The van der Waals surface area contributed by atoms with Gasteiger partial charge in [-0.3, -0.25) is 0 Å². The zero-order chi connectivity index (χ0) is 45.2. The van der Waals surface area contributed by atoms with Gasteiger partial charge in [0.1, 0.15) is 48.8 Å². The molecule has 0 bridgehead atoms. The quantitative estimate of drug-likeness (QED) is 0.0614. The van der Waals surface area contributed by atoms with Crippen molar-refractivity contribution in [3.63, 3.8) is 0 Å². The van der Waals surface area contributed by atoms with E-state index in [1.165, 1.54) is 0 Å². The summed E-state index contributed by atoms with van der Waals surface area (Å²) in [5.74, 6) is 0. The second kappa shape index (κ2) is 25.0. The van der Waals surface area contributed by atoms with Crippen molar-refractivity contribution in [1.29, 1.82) is 0 Å². The van der Waals surface area contributed by atoms with Crippen molar-refractivity contribution in [3.8, 4) is 0 Å². The molecule has 10 heteroatoms. The Hall–Kier alpha value is -5.34. The normalized spacial score (nSPS) is 25.5. The third-order valence-corrected chi connectivity index (χ3v) is 11.7. The summed E-state index contributed by atoms with van der Waals surface area (Å²) in [4.78, 5) is 0. The topological polar surface area (TPSA) is 92.3 Å². The molecule has 2 saturated heterocycles. The van der Waals surface area contributed by atoms with Gasteiger partial charge in [-0.05, 0) is 33.4 Å². The molecule has 66 heavy (non-hydrogen) atoms. The number of methoxy groups -OCH3 is 2. The largest absolute Gasteiger partial charge is 0.368 e. The highest BCUT2D eigenvalue weighted by Crippen LogP contribution is 2.35. The number of hydrogen-bond donors (Lipinski definition) is 0. The fourth-order valence-corrected chi connectivity index (χ4v) is 8.29. The Balaban J connectivity index is 1.14. The first kappa shape index (κ1) is 47.2. The predicted octanol–water partition coefficient (Wildman–Crippen LogP) is 9.80. The average Bonchev–Trinajstić information content (AvgIpc) is 3.38. The van der Waals surface area contributed by atoms with Gasteiger partial charge in [0, 0.05) is 14.2 Å². The molecule has 0 aromatic heterocycles. The van der Waals surface area contributed by atoms with Crippen LogP contribution in [-0.2, 0) is 87.0 Å². The summed E-state index contributed by atoms with van der Waals surface area (Å²) in [6.45, 7) is 1.87. The Labute approximate surface area is 388 Å². The van der Waals surface area contributed by atoms with Crippen LogP contribution >= 0.6 is 0 Å². The highest BCUT2D eigenvalue weighted by atomic mass is 16.7. The molecule has 10 atom stereocenters. The monoisotopic (exact) mass is 892 g/mol. The van der Waals surface area contributed by atoms with Crippen LogP contribution in [0.5, 0.6) is 0 Å². The Morgan fingerprint density at radius 1 is 0.303 bits per heavy atom. The lowest BCUT2D eigenvalue weighted by Gasteiger charge is -2.46. The lowest BCUT2D eigenvalue weighted by Crippen LogP contribution is -2.61. The molecule has 8 rings (SSSR count). The Morgan fingerprint density at radius 2 is 0.515 bits per heavy atom. The lowest BCUT2D eigenvalue weighted by molar-refractivity contribution is -0.312. The summed E-state index contributed by atoms with van der Waals surface area (Å²) in [6, 6.07) is 60.3. The minimum absolute atomic E-state index is 0.303. The average molecular weight is 893 g/mol. The van der Waals surface area contributed by atoms with Crippen LogP contribution in [0.3, 0.4) is 0 Å². The van der Waals surface area contributed by atoms with E-state index in [-0.39, 0.29) is 0 Å². The molecule has 0 radical (unpaired) electrons. The minimum atomic E-state index is -0.817. The molecule has 2 aliphatic rings. The van der Waals surface area contributed by atoms with Gasteiger partial charge in [0.25, 0.3) is 0 Å². The standard InChI is InChI=1S/C56H60O10/c1-57-55-53(63-39-45-29-17-7-18-30-45)51(61-37-43-25-13-5-14-26-43)49(59-35-41-21-9-3-10-22-41)47(65-55)33-34-48-50(60-36-42-23-11-4-12-24-42)52(62-38-44-27-15-6-16-28-44)54(56(58-2)66-48)64-40-46-31-19-8-20-32-46/h3-34,47-56H,35-40H2,1-2H3/t47-,48-,49-,50-,51-,52-,53-,54-,55+,56+/m1/s1. The Kier molecular flexibility index (Phi) is 17.8. The van der Waals surface area contributed by atoms with Gasteiger partial charge in [-0.25, -0.2) is 0 Å². The van der Waals surface area contributed by atoms with Crippen LogP contribution in [0.1, 0.15) is 33.4 Å². The van der Waals surface area contributed by atoms with Crippen LogP contribution in [0.2, 0.25) is 0 Å². The maximum atomic E-state index is 6.89. The summed E-state index contributed by atoms with van der Waals surface area (Å²) in [5.41, 5.74) is 6.06. The van der Waals surface area contributed by atoms with Gasteiger partial charge < -0.3 is 47.4 Å². The molecule has 2 heterocycles. The number of benzene rings is 6. The van der Waals surface area contributed by atoms with Gasteiger partial charge >= 0.3 is 0 Å². The van der Waals surface area contributed by atoms with Crippen molar-refractivity contribution in [1.82, 2.24) is 0 Å². The van der Waals surface area contributed by atoms with E-state index in [9.17, 15) is 0 Å². The minimum Gasteiger partial charge on any atom is -0.368 e. The van der Waals surface area contributed by atoms with Gasteiger partial charge in [0.05, 0.1) is 39.6 Å². The Morgan fingerprint density at radius 3 is 0.742 bits per heavy atom. The van der Waals surface area contributed by atoms with Crippen LogP contribution in [0.4, 0.5) is 0 Å². The van der Waals surface area contributed by atoms with Gasteiger partial charge in [-0.1, -0.05) is 194 Å².